The second-order valence-electron chi connectivity index (χ2n) is 9.57. The fourth-order valence-corrected chi connectivity index (χ4v) is 4.75. The minimum atomic E-state index is -0.657. The molecule has 2 fully saturated rings. The van der Waals surface area contributed by atoms with Crippen molar-refractivity contribution in [1.29, 1.82) is 0 Å². The maximum absolute atomic E-state index is 12.6. The van der Waals surface area contributed by atoms with Crippen LogP contribution in [0.15, 0.2) is 48.5 Å². The van der Waals surface area contributed by atoms with E-state index < -0.39 is 24.3 Å². The maximum atomic E-state index is 12.6. The molecule has 1 saturated carbocycles. The molecule has 1 aliphatic heterocycles. The Kier molecular flexibility index (Phi) is 7.62. The van der Waals surface area contributed by atoms with Gasteiger partial charge in [-0.2, -0.15) is 0 Å². The number of amides is 2. The predicted octanol–water partition coefficient (Wildman–Crippen LogP) is 3.75. The van der Waals surface area contributed by atoms with Crippen molar-refractivity contribution in [3.05, 3.63) is 65.2 Å². The quantitative estimate of drug-likeness (QED) is 0.240. The SMILES string of the molecule is Cc1ccc(C(=O)Oc2ccc(C(=O)COC(=O)CCN3C(=O)C4CCC(C)CC4C3=O)cc2)cc1. The van der Waals surface area contributed by atoms with Crippen LogP contribution in [0, 0.1) is 24.7 Å². The molecule has 188 valence electrons. The lowest BCUT2D eigenvalue weighted by Crippen LogP contribution is -2.33. The van der Waals surface area contributed by atoms with Crippen LogP contribution in [0.3, 0.4) is 0 Å². The summed E-state index contributed by atoms with van der Waals surface area (Å²) in [6.45, 7) is 3.50. The standard InChI is InChI=1S/C28H29NO7/c1-17-3-6-20(7-4-17)28(34)36-21-10-8-19(9-11-21)24(30)16-35-25(31)13-14-29-26(32)22-12-5-18(2)15-23(22)27(29)33/h3-4,6-11,18,22-23H,5,12-16H2,1-2H3. The third kappa shape index (κ3) is 5.70. The third-order valence-electron chi connectivity index (χ3n) is 6.86. The smallest absolute Gasteiger partial charge is 0.343 e. The molecule has 1 aliphatic carbocycles. The van der Waals surface area contributed by atoms with Crippen LogP contribution in [0.5, 0.6) is 5.75 Å². The van der Waals surface area contributed by atoms with Crippen LogP contribution in [-0.4, -0.2) is 47.6 Å². The number of hydrogen-bond acceptors (Lipinski definition) is 7. The van der Waals surface area contributed by atoms with Crippen LogP contribution in [-0.2, 0) is 19.1 Å². The number of Topliss-reactive ketones (excluding diaryl/α,β-unsaturated/α-hetero) is 1. The lowest BCUT2D eigenvalue weighted by atomic mass is 9.76. The highest BCUT2D eigenvalue weighted by Crippen LogP contribution is 2.40. The van der Waals surface area contributed by atoms with Gasteiger partial charge in [-0.1, -0.05) is 24.6 Å². The molecule has 0 spiro atoms. The normalized spacial score (nSPS) is 21.2. The molecule has 36 heavy (non-hydrogen) atoms. The van der Waals surface area contributed by atoms with Crippen molar-refractivity contribution in [3.63, 3.8) is 0 Å². The maximum Gasteiger partial charge on any atom is 0.343 e. The van der Waals surface area contributed by atoms with Gasteiger partial charge in [-0.25, -0.2) is 4.79 Å². The number of rotatable bonds is 8. The monoisotopic (exact) mass is 491 g/mol. The molecule has 0 N–H and O–H groups in total. The van der Waals surface area contributed by atoms with Crippen molar-refractivity contribution in [2.45, 2.75) is 39.5 Å². The highest BCUT2D eigenvalue weighted by molar-refractivity contribution is 6.05. The van der Waals surface area contributed by atoms with Gasteiger partial charge >= 0.3 is 11.9 Å². The van der Waals surface area contributed by atoms with E-state index in [9.17, 15) is 24.0 Å². The van der Waals surface area contributed by atoms with Crippen LogP contribution in [0.1, 0.15) is 58.9 Å². The van der Waals surface area contributed by atoms with Crippen LogP contribution < -0.4 is 4.74 Å². The molecular weight excluding hydrogens is 462 g/mol. The van der Waals surface area contributed by atoms with Crippen LogP contribution >= 0.6 is 0 Å². The second kappa shape index (κ2) is 10.8. The van der Waals surface area contributed by atoms with Crippen molar-refractivity contribution in [3.8, 4) is 5.75 Å². The van der Waals surface area contributed by atoms with Crippen molar-refractivity contribution >= 4 is 29.5 Å². The molecule has 3 unspecified atom stereocenters. The summed E-state index contributed by atoms with van der Waals surface area (Å²) in [6.07, 6.45) is 2.17. The molecule has 0 aromatic heterocycles. The van der Waals surface area contributed by atoms with Gasteiger partial charge in [0, 0.05) is 12.1 Å². The molecule has 1 saturated heterocycles. The van der Waals surface area contributed by atoms with Crippen LogP contribution in [0.4, 0.5) is 0 Å². The molecule has 1 heterocycles. The third-order valence-corrected chi connectivity index (χ3v) is 6.86. The Morgan fingerprint density at radius 3 is 2.22 bits per heavy atom. The number of imide groups is 1. The number of benzene rings is 2. The lowest BCUT2D eigenvalue weighted by molar-refractivity contribution is -0.145. The van der Waals surface area contributed by atoms with E-state index >= 15 is 0 Å². The number of likely N-dealkylation sites (tertiary alicyclic amines) is 1. The Balaban J connectivity index is 1.23. The minimum Gasteiger partial charge on any atom is -0.457 e. The minimum absolute atomic E-state index is 0.0346. The van der Waals surface area contributed by atoms with E-state index in [1.807, 2.05) is 19.1 Å². The van der Waals surface area contributed by atoms with Gasteiger partial charge in [-0.05, 0) is 68.5 Å². The first-order valence-electron chi connectivity index (χ1n) is 12.2. The average molecular weight is 492 g/mol. The van der Waals surface area contributed by atoms with E-state index in [0.717, 1.165) is 12.0 Å². The number of carbonyl (C=O) groups is 5. The van der Waals surface area contributed by atoms with Crippen molar-refractivity contribution in [1.82, 2.24) is 4.90 Å². The number of carbonyl (C=O) groups excluding carboxylic acids is 5. The van der Waals surface area contributed by atoms with Gasteiger partial charge in [-0.3, -0.25) is 24.1 Å². The average Bonchev–Trinajstić information content (AvgIpc) is 3.10. The Labute approximate surface area is 209 Å². The second-order valence-corrected chi connectivity index (χ2v) is 9.57. The van der Waals surface area contributed by atoms with Gasteiger partial charge in [0.15, 0.2) is 12.4 Å². The molecule has 4 rings (SSSR count). The first-order valence-corrected chi connectivity index (χ1v) is 12.2. The number of aryl methyl sites for hydroxylation is 1. The Morgan fingerprint density at radius 2 is 1.53 bits per heavy atom. The molecule has 2 aliphatic rings. The summed E-state index contributed by atoms with van der Waals surface area (Å²) in [5.41, 5.74) is 1.74. The van der Waals surface area contributed by atoms with Gasteiger partial charge in [0.25, 0.3) is 0 Å². The van der Waals surface area contributed by atoms with Crippen LogP contribution in [0.2, 0.25) is 0 Å². The summed E-state index contributed by atoms with van der Waals surface area (Å²) in [6, 6.07) is 12.9. The first-order chi connectivity index (χ1) is 17.2. The summed E-state index contributed by atoms with van der Waals surface area (Å²) in [7, 11) is 0. The van der Waals surface area contributed by atoms with E-state index in [1.165, 1.54) is 29.2 Å². The number of nitrogens with zero attached hydrogens (tertiary/aromatic N) is 1. The van der Waals surface area contributed by atoms with Crippen molar-refractivity contribution in [2.24, 2.45) is 17.8 Å². The summed E-state index contributed by atoms with van der Waals surface area (Å²) < 4.78 is 10.4. The van der Waals surface area contributed by atoms with E-state index in [4.69, 9.17) is 9.47 Å². The fraction of sp³-hybridized carbons (Fsp3) is 0.393. The van der Waals surface area contributed by atoms with Gasteiger partial charge in [0.05, 0.1) is 23.8 Å². The highest BCUT2D eigenvalue weighted by Gasteiger charge is 2.49. The van der Waals surface area contributed by atoms with E-state index in [2.05, 4.69) is 6.92 Å². The van der Waals surface area contributed by atoms with Crippen LogP contribution in [0.25, 0.3) is 0 Å². The molecule has 0 bridgehead atoms. The molecule has 0 radical (unpaired) electrons. The molecular formula is C28H29NO7. The molecule has 3 atom stereocenters. The molecule has 2 aromatic rings. The number of hydrogen-bond donors (Lipinski definition) is 0. The zero-order valence-corrected chi connectivity index (χ0v) is 20.4. The number of ketones is 1. The zero-order valence-electron chi connectivity index (χ0n) is 20.4. The van der Waals surface area contributed by atoms with Gasteiger partial charge in [0.2, 0.25) is 11.8 Å². The van der Waals surface area contributed by atoms with E-state index in [-0.39, 0.29) is 42.4 Å². The molecule has 8 heteroatoms. The summed E-state index contributed by atoms with van der Waals surface area (Å²) in [4.78, 5) is 63.1. The lowest BCUT2D eigenvalue weighted by Gasteiger charge is -2.25. The highest BCUT2D eigenvalue weighted by atomic mass is 16.5. The van der Waals surface area contributed by atoms with Gasteiger partial charge in [-0.15, -0.1) is 0 Å². The Morgan fingerprint density at radius 1 is 0.889 bits per heavy atom. The summed E-state index contributed by atoms with van der Waals surface area (Å²) >= 11 is 0. The summed E-state index contributed by atoms with van der Waals surface area (Å²) in [5, 5.41) is 0. The largest absolute Gasteiger partial charge is 0.457 e. The van der Waals surface area contributed by atoms with Gasteiger partial charge in [0.1, 0.15) is 5.75 Å². The topological polar surface area (TPSA) is 107 Å². The predicted molar refractivity (Wildman–Crippen MR) is 129 cm³/mol. The van der Waals surface area contributed by atoms with E-state index in [1.54, 1.807) is 12.1 Å². The molecule has 8 nitrogen and oxygen atoms in total. The first kappa shape index (κ1) is 25.3. The van der Waals surface area contributed by atoms with Crippen molar-refractivity contribution in [2.75, 3.05) is 13.2 Å². The van der Waals surface area contributed by atoms with Crippen molar-refractivity contribution < 1.29 is 33.4 Å². The number of ether oxygens (including phenoxy) is 2. The Hall–Kier alpha value is -3.81. The number of esters is 2. The zero-order chi connectivity index (χ0) is 25.8. The van der Waals surface area contributed by atoms with E-state index in [0.29, 0.717) is 29.9 Å². The number of fused-ring (bicyclic) bond motifs is 1. The Bertz CT molecular complexity index is 1170. The van der Waals surface area contributed by atoms with Gasteiger partial charge < -0.3 is 9.47 Å². The fourth-order valence-electron chi connectivity index (χ4n) is 4.75. The molecule has 2 aromatic carbocycles. The summed E-state index contributed by atoms with van der Waals surface area (Å²) in [5.74, 6) is -1.86. The molecule has 2 amide bonds.